The van der Waals surface area contributed by atoms with Gasteiger partial charge in [-0.3, -0.25) is 14.9 Å². The summed E-state index contributed by atoms with van der Waals surface area (Å²) in [5, 5.41) is 14.7. The molecule has 0 saturated carbocycles. The Labute approximate surface area is 230 Å². The van der Waals surface area contributed by atoms with E-state index < -0.39 is 29.1 Å². The van der Waals surface area contributed by atoms with E-state index >= 15 is 0 Å². The number of nitro groups is 1. The number of carbonyl (C=O) groups excluding carboxylic acids is 3. The van der Waals surface area contributed by atoms with Crippen molar-refractivity contribution >= 4 is 46.8 Å². The number of esters is 1. The van der Waals surface area contributed by atoms with Crippen LogP contribution in [-0.4, -0.2) is 58.9 Å². The van der Waals surface area contributed by atoms with Crippen molar-refractivity contribution in [3.8, 4) is 0 Å². The summed E-state index contributed by atoms with van der Waals surface area (Å²) in [5.74, 6) is -0.912. The maximum atomic E-state index is 13.1. The van der Waals surface area contributed by atoms with Gasteiger partial charge in [-0.15, -0.1) is 0 Å². The van der Waals surface area contributed by atoms with Gasteiger partial charge in [0.1, 0.15) is 0 Å². The fraction of sp³-hybridized carbons (Fsp3) is 0.346. The molecule has 3 rings (SSSR count). The van der Waals surface area contributed by atoms with Crippen LogP contribution in [0.2, 0.25) is 10.0 Å². The Morgan fingerprint density at radius 1 is 1.18 bits per heavy atom. The lowest BCUT2D eigenvalue weighted by Gasteiger charge is -2.38. The van der Waals surface area contributed by atoms with Gasteiger partial charge in [-0.25, -0.2) is 9.59 Å². The van der Waals surface area contributed by atoms with Crippen molar-refractivity contribution in [2.45, 2.75) is 39.3 Å². The van der Waals surface area contributed by atoms with Crippen molar-refractivity contribution in [3.63, 3.8) is 0 Å². The number of amides is 3. The van der Waals surface area contributed by atoms with Gasteiger partial charge in [0.15, 0.2) is 0 Å². The van der Waals surface area contributed by atoms with Crippen LogP contribution in [0.5, 0.6) is 0 Å². The Hall–Kier alpha value is -3.63. The van der Waals surface area contributed by atoms with E-state index in [9.17, 15) is 24.5 Å². The molecule has 0 saturated heterocycles. The molecule has 0 radical (unpaired) electrons. The molecule has 1 unspecified atom stereocenters. The van der Waals surface area contributed by atoms with Gasteiger partial charge >= 0.3 is 12.0 Å². The summed E-state index contributed by atoms with van der Waals surface area (Å²) in [5.41, 5.74) is 1.07. The largest absolute Gasteiger partial charge is 0.459 e. The van der Waals surface area contributed by atoms with Crippen molar-refractivity contribution < 1.29 is 24.0 Å². The summed E-state index contributed by atoms with van der Waals surface area (Å²) in [6.45, 7) is 5.41. The van der Waals surface area contributed by atoms with Crippen molar-refractivity contribution in [1.29, 1.82) is 0 Å². The number of hydrogen-bond donors (Lipinski definition) is 1. The molecule has 3 amide bonds. The molecule has 0 bridgehead atoms. The number of hydrogen-bond acceptors (Lipinski definition) is 6. The SMILES string of the molecule is CC1=C(C(=O)OC(C)C)C(c2cccc([N+](=O)[O-])c2)N(CCCN(C)C(=O)c2ccc(Cl)c(Cl)c2)C(=O)N1. The molecule has 0 aromatic heterocycles. The Balaban J connectivity index is 1.87. The minimum absolute atomic E-state index is 0.143. The van der Waals surface area contributed by atoms with E-state index in [1.54, 1.807) is 46.0 Å². The number of carbonyl (C=O) groups is 3. The molecule has 1 N–H and O–H groups in total. The maximum absolute atomic E-state index is 13.1. The van der Waals surface area contributed by atoms with Gasteiger partial charge in [0, 0.05) is 43.5 Å². The van der Waals surface area contributed by atoms with Crippen LogP contribution in [0.25, 0.3) is 0 Å². The average Bonchev–Trinajstić information content (AvgIpc) is 2.85. The third kappa shape index (κ3) is 6.62. The second-order valence-corrected chi connectivity index (χ2v) is 9.89. The molecule has 38 heavy (non-hydrogen) atoms. The molecule has 0 spiro atoms. The van der Waals surface area contributed by atoms with Crippen molar-refractivity contribution in [1.82, 2.24) is 15.1 Å². The van der Waals surface area contributed by atoms with E-state index in [2.05, 4.69) is 5.32 Å². The first-order valence-electron chi connectivity index (χ1n) is 11.8. The molecule has 202 valence electrons. The summed E-state index contributed by atoms with van der Waals surface area (Å²) in [6, 6.07) is 9.00. The monoisotopic (exact) mass is 562 g/mol. The predicted octanol–water partition coefficient (Wildman–Crippen LogP) is 5.36. The van der Waals surface area contributed by atoms with Gasteiger partial charge in [-0.1, -0.05) is 35.3 Å². The number of nitro benzene ring substituents is 1. The van der Waals surface area contributed by atoms with Crippen LogP contribution in [0.1, 0.15) is 49.2 Å². The zero-order valence-corrected chi connectivity index (χ0v) is 22.9. The van der Waals surface area contributed by atoms with Gasteiger partial charge < -0.3 is 19.9 Å². The Kier molecular flexibility index (Phi) is 9.35. The molecule has 1 aliphatic rings. The highest BCUT2D eigenvalue weighted by molar-refractivity contribution is 6.42. The number of nitrogens with one attached hydrogen (secondary N) is 1. The molecule has 12 heteroatoms. The third-order valence-corrected chi connectivity index (χ3v) is 6.65. The average molecular weight is 563 g/mol. The summed E-state index contributed by atoms with van der Waals surface area (Å²) >= 11 is 12.0. The molecular weight excluding hydrogens is 535 g/mol. The number of halogens is 2. The number of ether oxygens (including phenoxy) is 1. The van der Waals surface area contributed by atoms with Crippen molar-refractivity contribution in [3.05, 3.63) is 85.0 Å². The topological polar surface area (TPSA) is 122 Å². The molecular formula is C26H28Cl2N4O6. The van der Waals surface area contributed by atoms with Crippen LogP contribution in [0, 0.1) is 10.1 Å². The van der Waals surface area contributed by atoms with Crippen LogP contribution in [0.15, 0.2) is 53.7 Å². The first kappa shape index (κ1) is 28.9. The normalized spacial score (nSPS) is 15.4. The smallest absolute Gasteiger partial charge is 0.338 e. The molecule has 10 nitrogen and oxygen atoms in total. The van der Waals surface area contributed by atoms with Crippen LogP contribution >= 0.6 is 23.2 Å². The van der Waals surface area contributed by atoms with Gasteiger partial charge in [0.2, 0.25) is 0 Å². The molecule has 0 aliphatic carbocycles. The molecule has 1 atom stereocenters. The minimum atomic E-state index is -0.925. The van der Waals surface area contributed by atoms with Crippen molar-refractivity contribution in [2.24, 2.45) is 0 Å². The lowest BCUT2D eigenvalue weighted by molar-refractivity contribution is -0.384. The molecule has 2 aromatic rings. The van der Waals surface area contributed by atoms with Crippen LogP contribution in [0.4, 0.5) is 10.5 Å². The number of urea groups is 1. The fourth-order valence-electron chi connectivity index (χ4n) is 4.14. The second-order valence-electron chi connectivity index (χ2n) is 9.08. The zero-order chi connectivity index (χ0) is 28.1. The van der Waals surface area contributed by atoms with Gasteiger partial charge in [0.25, 0.3) is 11.6 Å². The maximum Gasteiger partial charge on any atom is 0.338 e. The molecule has 0 fully saturated rings. The van der Waals surface area contributed by atoms with E-state index in [0.29, 0.717) is 28.3 Å². The highest BCUT2D eigenvalue weighted by Crippen LogP contribution is 2.36. The second kappa shape index (κ2) is 12.3. The predicted molar refractivity (Wildman–Crippen MR) is 143 cm³/mol. The summed E-state index contributed by atoms with van der Waals surface area (Å²) in [7, 11) is 1.62. The first-order valence-corrected chi connectivity index (χ1v) is 12.6. The minimum Gasteiger partial charge on any atom is -0.459 e. The van der Waals surface area contributed by atoms with E-state index in [1.807, 2.05) is 0 Å². The standard InChI is InChI=1S/C26H28Cl2N4O6/c1-15(2)38-25(34)22-16(3)29-26(35)31(23(22)17-7-5-8-19(13-17)32(36)37)12-6-11-30(4)24(33)18-9-10-20(27)21(28)14-18/h5,7-10,13-15,23H,6,11-12H2,1-4H3,(H,29,35). The van der Waals surface area contributed by atoms with Crippen LogP contribution in [0.3, 0.4) is 0 Å². The number of allylic oxidation sites excluding steroid dienone is 1. The van der Waals surface area contributed by atoms with E-state index in [1.165, 1.54) is 34.1 Å². The number of nitrogens with zero attached hydrogens (tertiary/aromatic N) is 3. The molecule has 1 aliphatic heterocycles. The zero-order valence-electron chi connectivity index (χ0n) is 21.4. The third-order valence-electron chi connectivity index (χ3n) is 5.91. The highest BCUT2D eigenvalue weighted by Gasteiger charge is 2.39. The summed E-state index contributed by atoms with van der Waals surface area (Å²) < 4.78 is 5.43. The van der Waals surface area contributed by atoms with Crippen LogP contribution in [-0.2, 0) is 9.53 Å². The lowest BCUT2D eigenvalue weighted by atomic mass is 9.93. The lowest BCUT2D eigenvalue weighted by Crippen LogP contribution is -2.49. The Bertz CT molecular complexity index is 1300. The number of benzene rings is 2. The van der Waals surface area contributed by atoms with Crippen LogP contribution < -0.4 is 5.32 Å². The first-order chi connectivity index (χ1) is 17.9. The quantitative estimate of drug-likeness (QED) is 0.249. The Morgan fingerprint density at radius 2 is 1.89 bits per heavy atom. The Morgan fingerprint density at radius 3 is 2.53 bits per heavy atom. The number of rotatable bonds is 9. The van der Waals surface area contributed by atoms with Gasteiger partial charge in [-0.05, 0) is 51.0 Å². The van der Waals surface area contributed by atoms with Crippen molar-refractivity contribution in [2.75, 3.05) is 20.1 Å². The number of non-ortho nitro benzene ring substituents is 1. The summed E-state index contributed by atoms with van der Waals surface area (Å²) in [4.78, 5) is 52.8. The highest BCUT2D eigenvalue weighted by atomic mass is 35.5. The fourth-order valence-corrected chi connectivity index (χ4v) is 4.43. The molecule has 1 heterocycles. The van der Waals surface area contributed by atoms with E-state index in [4.69, 9.17) is 27.9 Å². The van der Waals surface area contributed by atoms with E-state index in [-0.39, 0.29) is 35.3 Å². The summed E-state index contributed by atoms with van der Waals surface area (Å²) in [6.07, 6.45) is -0.0609. The van der Waals surface area contributed by atoms with E-state index in [0.717, 1.165) is 0 Å². The van der Waals surface area contributed by atoms with Gasteiger partial charge in [-0.2, -0.15) is 0 Å². The van der Waals surface area contributed by atoms with Gasteiger partial charge in [0.05, 0.1) is 32.7 Å². The molecule has 2 aromatic carbocycles.